The van der Waals surface area contributed by atoms with Crippen LogP contribution in [0, 0.1) is 6.92 Å². The quantitative estimate of drug-likeness (QED) is 0.527. The summed E-state index contributed by atoms with van der Waals surface area (Å²) in [5.74, 6) is 5.27. The van der Waals surface area contributed by atoms with Crippen molar-refractivity contribution in [1.29, 1.82) is 0 Å². The number of carbonyl (C=O) groups is 1. The Bertz CT molecular complexity index is 394. The largest absolute Gasteiger partial charge is 0.347 e. The molecule has 16 heavy (non-hydrogen) atoms. The molecule has 0 fully saturated rings. The summed E-state index contributed by atoms with van der Waals surface area (Å²) in [4.78, 5) is 11.9. The van der Waals surface area contributed by atoms with Crippen LogP contribution in [0.25, 0.3) is 0 Å². The van der Waals surface area contributed by atoms with E-state index in [4.69, 9.17) is 5.84 Å². The number of carbonyl (C=O) groups excluding carboxylic acids is 1. The first kappa shape index (κ1) is 12.5. The molecule has 0 aliphatic carbocycles. The summed E-state index contributed by atoms with van der Waals surface area (Å²) in [6.45, 7) is 7.77. The normalized spacial score (nSPS) is 11.1. The van der Waals surface area contributed by atoms with E-state index < -0.39 is 0 Å². The Labute approximate surface area is 96.2 Å². The first-order chi connectivity index (χ1) is 7.33. The molecule has 1 aromatic carbocycles. The molecular weight excluding hydrogens is 202 g/mol. The highest BCUT2D eigenvalue weighted by Crippen LogP contribution is 2.17. The molecule has 0 unspecified atom stereocenters. The van der Waals surface area contributed by atoms with Gasteiger partial charge in [0.2, 0.25) is 0 Å². The summed E-state index contributed by atoms with van der Waals surface area (Å²) in [5, 5.41) is 2.90. The third kappa shape index (κ3) is 3.24. The van der Waals surface area contributed by atoms with Gasteiger partial charge in [-0.15, -0.1) is 0 Å². The fourth-order valence-corrected chi connectivity index (χ4v) is 1.38. The maximum absolute atomic E-state index is 11.9. The van der Waals surface area contributed by atoms with Crippen LogP contribution in [0.2, 0.25) is 0 Å². The van der Waals surface area contributed by atoms with Crippen LogP contribution in [0.4, 0.5) is 5.69 Å². The van der Waals surface area contributed by atoms with Crippen molar-refractivity contribution in [2.45, 2.75) is 33.2 Å². The zero-order chi connectivity index (χ0) is 12.3. The summed E-state index contributed by atoms with van der Waals surface area (Å²) >= 11 is 0. The van der Waals surface area contributed by atoms with Crippen LogP contribution in [0.3, 0.4) is 0 Å². The number of anilines is 1. The number of aryl methyl sites for hydroxylation is 1. The van der Waals surface area contributed by atoms with Crippen molar-refractivity contribution in [3.63, 3.8) is 0 Å². The van der Waals surface area contributed by atoms with Gasteiger partial charge in [-0.1, -0.05) is 6.07 Å². The van der Waals surface area contributed by atoms with Crippen molar-refractivity contribution in [3.8, 4) is 0 Å². The smallest absolute Gasteiger partial charge is 0.253 e. The molecule has 0 spiro atoms. The van der Waals surface area contributed by atoms with Crippen molar-refractivity contribution in [2.24, 2.45) is 5.84 Å². The maximum Gasteiger partial charge on any atom is 0.253 e. The molecule has 0 aliphatic rings. The highest BCUT2D eigenvalue weighted by atomic mass is 16.1. The van der Waals surface area contributed by atoms with E-state index in [-0.39, 0.29) is 11.4 Å². The van der Waals surface area contributed by atoms with Crippen LogP contribution in [0.5, 0.6) is 0 Å². The number of nitrogens with one attached hydrogen (secondary N) is 2. The number of nitrogen functional groups attached to an aromatic ring is 1. The van der Waals surface area contributed by atoms with Gasteiger partial charge in [-0.3, -0.25) is 10.6 Å². The van der Waals surface area contributed by atoms with Gasteiger partial charge >= 0.3 is 0 Å². The first-order valence-electron chi connectivity index (χ1n) is 5.23. The van der Waals surface area contributed by atoms with Crippen molar-refractivity contribution < 1.29 is 4.79 Å². The minimum atomic E-state index is -0.256. The predicted molar refractivity (Wildman–Crippen MR) is 66.2 cm³/mol. The minimum absolute atomic E-state index is 0.125. The lowest BCUT2D eigenvalue weighted by atomic mass is 10.1. The van der Waals surface area contributed by atoms with Gasteiger partial charge in [0.05, 0.1) is 11.3 Å². The lowest BCUT2D eigenvalue weighted by Crippen LogP contribution is -2.40. The summed E-state index contributed by atoms with van der Waals surface area (Å²) in [6.07, 6.45) is 0. The average molecular weight is 221 g/mol. The first-order valence-corrected chi connectivity index (χ1v) is 5.23. The third-order valence-corrected chi connectivity index (χ3v) is 2.06. The molecule has 4 heteroatoms. The number of hydrogen-bond donors (Lipinski definition) is 3. The Balaban J connectivity index is 2.99. The second-order valence-corrected chi connectivity index (χ2v) is 4.90. The molecule has 0 saturated carbocycles. The fraction of sp³-hybridized carbons (Fsp3) is 0.417. The second kappa shape index (κ2) is 4.53. The Morgan fingerprint density at radius 2 is 1.94 bits per heavy atom. The molecule has 4 N–H and O–H groups in total. The van der Waals surface area contributed by atoms with Crippen LogP contribution in [-0.2, 0) is 0 Å². The van der Waals surface area contributed by atoms with Crippen molar-refractivity contribution in [1.82, 2.24) is 5.32 Å². The summed E-state index contributed by atoms with van der Waals surface area (Å²) in [7, 11) is 0. The molecule has 1 rings (SSSR count). The number of hydrogen-bond acceptors (Lipinski definition) is 3. The van der Waals surface area contributed by atoms with Gasteiger partial charge in [0.15, 0.2) is 0 Å². The molecule has 88 valence electrons. The van der Waals surface area contributed by atoms with E-state index in [0.717, 1.165) is 5.56 Å². The molecule has 0 aliphatic heterocycles. The van der Waals surface area contributed by atoms with Gasteiger partial charge in [0, 0.05) is 5.54 Å². The van der Waals surface area contributed by atoms with Crippen LogP contribution < -0.4 is 16.6 Å². The van der Waals surface area contributed by atoms with Gasteiger partial charge in [0.1, 0.15) is 0 Å². The zero-order valence-corrected chi connectivity index (χ0v) is 10.2. The van der Waals surface area contributed by atoms with E-state index in [9.17, 15) is 4.79 Å². The molecule has 4 nitrogen and oxygen atoms in total. The Morgan fingerprint density at radius 3 is 2.44 bits per heavy atom. The Morgan fingerprint density at radius 1 is 1.31 bits per heavy atom. The summed E-state index contributed by atoms with van der Waals surface area (Å²) in [5.41, 5.74) is 4.54. The molecule has 0 radical (unpaired) electrons. The molecule has 0 bridgehead atoms. The zero-order valence-electron chi connectivity index (χ0n) is 10.2. The molecule has 0 saturated heterocycles. The highest BCUT2D eigenvalue weighted by Gasteiger charge is 2.17. The third-order valence-electron chi connectivity index (χ3n) is 2.06. The van der Waals surface area contributed by atoms with Crippen LogP contribution in [0.1, 0.15) is 36.7 Å². The number of nitrogens with two attached hydrogens (primary N) is 1. The van der Waals surface area contributed by atoms with Crippen LogP contribution in [0.15, 0.2) is 18.2 Å². The van der Waals surface area contributed by atoms with Crippen molar-refractivity contribution in [3.05, 3.63) is 29.3 Å². The predicted octanol–water partition coefficient (Wildman–Crippen LogP) is 1.81. The standard InChI is InChI=1S/C12H19N3O/c1-8-5-6-9(10(7-8)15-13)11(16)14-12(2,3)4/h5-7,15H,13H2,1-4H3,(H,14,16). The fourth-order valence-electron chi connectivity index (χ4n) is 1.38. The van der Waals surface area contributed by atoms with E-state index >= 15 is 0 Å². The lowest BCUT2D eigenvalue weighted by Gasteiger charge is -2.21. The van der Waals surface area contributed by atoms with Gasteiger partial charge < -0.3 is 10.7 Å². The number of hydrazine groups is 1. The molecular formula is C12H19N3O. The number of benzene rings is 1. The molecule has 1 amide bonds. The van der Waals surface area contributed by atoms with E-state index in [1.165, 1.54) is 0 Å². The van der Waals surface area contributed by atoms with Gasteiger partial charge in [-0.05, 0) is 45.4 Å². The van der Waals surface area contributed by atoms with E-state index in [1.54, 1.807) is 6.07 Å². The second-order valence-electron chi connectivity index (χ2n) is 4.90. The maximum atomic E-state index is 11.9. The van der Waals surface area contributed by atoms with Crippen LogP contribution in [-0.4, -0.2) is 11.4 Å². The SMILES string of the molecule is Cc1ccc(C(=O)NC(C)(C)C)c(NN)c1. The molecule has 0 atom stereocenters. The number of amides is 1. The van der Waals surface area contributed by atoms with E-state index in [2.05, 4.69) is 10.7 Å². The highest BCUT2D eigenvalue weighted by molar-refractivity contribution is 6.00. The monoisotopic (exact) mass is 221 g/mol. The van der Waals surface area contributed by atoms with Crippen molar-refractivity contribution >= 4 is 11.6 Å². The molecule has 0 heterocycles. The summed E-state index contributed by atoms with van der Waals surface area (Å²) in [6, 6.07) is 5.50. The van der Waals surface area contributed by atoms with E-state index in [0.29, 0.717) is 11.3 Å². The molecule has 0 aromatic heterocycles. The van der Waals surface area contributed by atoms with E-state index in [1.807, 2.05) is 39.8 Å². The topological polar surface area (TPSA) is 67.2 Å². The van der Waals surface area contributed by atoms with Crippen LogP contribution >= 0.6 is 0 Å². The average Bonchev–Trinajstić information content (AvgIpc) is 2.14. The minimum Gasteiger partial charge on any atom is -0.347 e. The lowest BCUT2D eigenvalue weighted by molar-refractivity contribution is 0.0920. The Kier molecular flexibility index (Phi) is 3.55. The summed E-state index contributed by atoms with van der Waals surface area (Å²) < 4.78 is 0. The van der Waals surface area contributed by atoms with Gasteiger partial charge in [0.25, 0.3) is 5.91 Å². The number of rotatable bonds is 2. The van der Waals surface area contributed by atoms with Gasteiger partial charge in [-0.2, -0.15) is 0 Å². The molecule has 1 aromatic rings. The van der Waals surface area contributed by atoms with Gasteiger partial charge in [-0.25, -0.2) is 0 Å². The Hall–Kier alpha value is -1.55. The van der Waals surface area contributed by atoms with Crippen molar-refractivity contribution in [2.75, 3.05) is 5.43 Å².